The van der Waals surface area contributed by atoms with E-state index in [2.05, 4.69) is 73.8 Å². The highest BCUT2D eigenvalue weighted by molar-refractivity contribution is 5.78. The number of aryl methyl sites for hydroxylation is 1. The van der Waals surface area contributed by atoms with E-state index in [9.17, 15) is 0 Å². The molecule has 0 saturated carbocycles. The van der Waals surface area contributed by atoms with Gasteiger partial charge in [0, 0.05) is 5.39 Å². The number of nitrogens with one attached hydrogen (secondary N) is 1. The molecule has 1 atom stereocenters. The van der Waals surface area contributed by atoms with Crippen LogP contribution in [0.1, 0.15) is 29.9 Å². The summed E-state index contributed by atoms with van der Waals surface area (Å²) < 4.78 is 6.05. The molecule has 0 aliphatic rings. The number of fused-ring (bicyclic) bond motifs is 1. The van der Waals surface area contributed by atoms with E-state index in [0.29, 0.717) is 0 Å². The Morgan fingerprint density at radius 3 is 2.62 bits per heavy atom. The van der Waals surface area contributed by atoms with Crippen LogP contribution in [0.2, 0.25) is 0 Å². The van der Waals surface area contributed by atoms with Crippen molar-refractivity contribution in [3.05, 3.63) is 71.5 Å². The van der Waals surface area contributed by atoms with Crippen molar-refractivity contribution in [1.29, 1.82) is 0 Å². The maximum absolute atomic E-state index is 6.05. The van der Waals surface area contributed by atoms with Crippen LogP contribution >= 0.6 is 0 Å². The predicted octanol–water partition coefficient (Wildman–Crippen LogP) is 4.63. The van der Waals surface area contributed by atoms with Gasteiger partial charge in [0.2, 0.25) is 0 Å². The standard InChI is InChI=1S/C19H21NO/c1-3-20-17(12-15-7-5-4-6-8-15)19-13-16-11-14(2)9-10-18(16)21-19/h4-11,13,17,20H,3,12H2,1-2H3. The minimum absolute atomic E-state index is 0.213. The van der Waals surface area contributed by atoms with E-state index in [1.54, 1.807) is 0 Å². The van der Waals surface area contributed by atoms with Gasteiger partial charge in [0.05, 0.1) is 6.04 Å². The van der Waals surface area contributed by atoms with Crippen molar-refractivity contribution in [3.63, 3.8) is 0 Å². The lowest BCUT2D eigenvalue weighted by Crippen LogP contribution is -2.22. The Labute approximate surface area is 125 Å². The molecule has 108 valence electrons. The van der Waals surface area contributed by atoms with Gasteiger partial charge >= 0.3 is 0 Å². The summed E-state index contributed by atoms with van der Waals surface area (Å²) in [7, 11) is 0. The maximum Gasteiger partial charge on any atom is 0.134 e. The number of furan rings is 1. The lowest BCUT2D eigenvalue weighted by molar-refractivity contribution is 0.435. The van der Waals surface area contributed by atoms with Crippen LogP contribution in [0.25, 0.3) is 11.0 Å². The largest absolute Gasteiger partial charge is 0.459 e. The van der Waals surface area contributed by atoms with Gasteiger partial charge in [0.1, 0.15) is 11.3 Å². The van der Waals surface area contributed by atoms with Gasteiger partial charge in [-0.2, -0.15) is 0 Å². The Bertz CT molecular complexity index is 715. The highest BCUT2D eigenvalue weighted by atomic mass is 16.3. The topological polar surface area (TPSA) is 25.2 Å². The van der Waals surface area contributed by atoms with Gasteiger partial charge < -0.3 is 9.73 Å². The second kappa shape index (κ2) is 6.15. The Kier molecular flexibility index (Phi) is 4.07. The quantitative estimate of drug-likeness (QED) is 0.736. The van der Waals surface area contributed by atoms with Crippen molar-refractivity contribution in [3.8, 4) is 0 Å². The molecule has 1 heterocycles. The molecule has 0 spiro atoms. The third-order valence-electron chi connectivity index (χ3n) is 3.77. The van der Waals surface area contributed by atoms with Crippen molar-refractivity contribution in [1.82, 2.24) is 5.32 Å². The number of hydrogen-bond acceptors (Lipinski definition) is 2. The molecule has 1 unspecified atom stereocenters. The third kappa shape index (κ3) is 3.17. The first-order valence-corrected chi connectivity index (χ1v) is 7.53. The molecule has 0 aliphatic heterocycles. The van der Waals surface area contributed by atoms with Gasteiger partial charge in [-0.25, -0.2) is 0 Å². The predicted molar refractivity (Wildman–Crippen MR) is 87.5 cm³/mol. The van der Waals surface area contributed by atoms with Gasteiger partial charge in [-0.15, -0.1) is 0 Å². The van der Waals surface area contributed by atoms with Crippen molar-refractivity contribution < 1.29 is 4.42 Å². The summed E-state index contributed by atoms with van der Waals surface area (Å²) in [5, 5.41) is 4.71. The van der Waals surface area contributed by atoms with Crippen LogP contribution < -0.4 is 5.32 Å². The van der Waals surface area contributed by atoms with E-state index in [1.807, 2.05) is 0 Å². The average Bonchev–Trinajstić information content (AvgIpc) is 2.91. The zero-order chi connectivity index (χ0) is 14.7. The van der Waals surface area contributed by atoms with E-state index >= 15 is 0 Å². The Hall–Kier alpha value is -2.06. The second-order valence-electron chi connectivity index (χ2n) is 5.49. The lowest BCUT2D eigenvalue weighted by atomic mass is 10.0. The highest BCUT2D eigenvalue weighted by Gasteiger charge is 2.16. The van der Waals surface area contributed by atoms with Crippen molar-refractivity contribution >= 4 is 11.0 Å². The van der Waals surface area contributed by atoms with Crippen molar-refractivity contribution in [2.45, 2.75) is 26.3 Å². The average molecular weight is 279 g/mol. The fourth-order valence-corrected chi connectivity index (χ4v) is 2.72. The molecule has 1 aromatic heterocycles. The molecule has 0 amide bonds. The lowest BCUT2D eigenvalue weighted by Gasteiger charge is -2.15. The molecule has 3 aromatic rings. The minimum Gasteiger partial charge on any atom is -0.459 e. The summed E-state index contributed by atoms with van der Waals surface area (Å²) in [5.41, 5.74) is 3.55. The monoisotopic (exact) mass is 279 g/mol. The molecule has 2 nitrogen and oxygen atoms in total. The second-order valence-corrected chi connectivity index (χ2v) is 5.49. The van der Waals surface area contributed by atoms with Crippen molar-refractivity contribution in [2.75, 3.05) is 6.54 Å². The zero-order valence-electron chi connectivity index (χ0n) is 12.6. The summed E-state index contributed by atoms with van der Waals surface area (Å²) in [5.74, 6) is 1.02. The van der Waals surface area contributed by atoms with Gasteiger partial charge in [-0.3, -0.25) is 0 Å². The van der Waals surface area contributed by atoms with Crippen LogP contribution in [0, 0.1) is 6.92 Å². The van der Waals surface area contributed by atoms with E-state index in [4.69, 9.17) is 4.42 Å². The Morgan fingerprint density at radius 1 is 1.05 bits per heavy atom. The summed E-state index contributed by atoms with van der Waals surface area (Å²) in [6, 6.07) is 19.2. The summed E-state index contributed by atoms with van der Waals surface area (Å²) in [4.78, 5) is 0. The first-order valence-electron chi connectivity index (χ1n) is 7.53. The smallest absolute Gasteiger partial charge is 0.134 e. The molecule has 21 heavy (non-hydrogen) atoms. The molecule has 2 heteroatoms. The highest BCUT2D eigenvalue weighted by Crippen LogP contribution is 2.27. The van der Waals surface area contributed by atoms with Gasteiger partial charge in [0.15, 0.2) is 0 Å². The molecular formula is C19H21NO. The molecule has 0 bridgehead atoms. The fraction of sp³-hybridized carbons (Fsp3) is 0.263. The van der Waals surface area contributed by atoms with Gasteiger partial charge in [0.25, 0.3) is 0 Å². The molecule has 2 aromatic carbocycles. The summed E-state index contributed by atoms with van der Waals surface area (Å²) in [6.45, 7) is 5.16. The minimum atomic E-state index is 0.213. The summed E-state index contributed by atoms with van der Waals surface area (Å²) >= 11 is 0. The van der Waals surface area contributed by atoms with Gasteiger partial charge in [-0.05, 0) is 43.7 Å². The number of likely N-dealkylation sites (N-methyl/N-ethyl adjacent to an activating group) is 1. The SMILES string of the molecule is CCNC(Cc1ccccc1)c1cc2cc(C)ccc2o1. The molecule has 1 N–H and O–H groups in total. The summed E-state index contributed by atoms with van der Waals surface area (Å²) in [6.07, 6.45) is 0.938. The van der Waals surface area contributed by atoms with Crippen LogP contribution in [0.15, 0.2) is 59.0 Å². The normalized spacial score (nSPS) is 12.7. The number of benzene rings is 2. The molecule has 0 radical (unpaired) electrons. The first kappa shape index (κ1) is 13.9. The van der Waals surface area contributed by atoms with E-state index in [0.717, 1.165) is 24.3 Å². The first-order chi connectivity index (χ1) is 10.3. The number of rotatable bonds is 5. The van der Waals surface area contributed by atoms with Crippen LogP contribution in [-0.2, 0) is 6.42 Å². The Morgan fingerprint density at radius 2 is 1.86 bits per heavy atom. The third-order valence-corrected chi connectivity index (χ3v) is 3.77. The molecule has 3 rings (SSSR count). The van der Waals surface area contributed by atoms with E-state index in [-0.39, 0.29) is 6.04 Å². The molecular weight excluding hydrogens is 258 g/mol. The molecule has 0 saturated heterocycles. The zero-order valence-corrected chi connectivity index (χ0v) is 12.6. The van der Waals surface area contributed by atoms with E-state index < -0.39 is 0 Å². The number of hydrogen-bond donors (Lipinski definition) is 1. The van der Waals surface area contributed by atoms with Crippen LogP contribution in [-0.4, -0.2) is 6.54 Å². The van der Waals surface area contributed by atoms with Crippen LogP contribution in [0.3, 0.4) is 0 Å². The van der Waals surface area contributed by atoms with E-state index in [1.165, 1.54) is 16.5 Å². The van der Waals surface area contributed by atoms with Crippen molar-refractivity contribution in [2.24, 2.45) is 0 Å². The fourth-order valence-electron chi connectivity index (χ4n) is 2.72. The van der Waals surface area contributed by atoms with Crippen LogP contribution in [0.4, 0.5) is 0 Å². The van der Waals surface area contributed by atoms with Crippen LogP contribution in [0.5, 0.6) is 0 Å². The van der Waals surface area contributed by atoms with Gasteiger partial charge in [-0.1, -0.05) is 48.9 Å². The Balaban J connectivity index is 1.91. The molecule has 0 aliphatic carbocycles. The molecule has 0 fully saturated rings. The maximum atomic E-state index is 6.05.